The topological polar surface area (TPSA) is 61.2 Å². The molecule has 0 amide bonds. The molecule has 0 radical (unpaired) electrons. The Morgan fingerprint density at radius 3 is 2.60 bits per heavy atom. The summed E-state index contributed by atoms with van der Waals surface area (Å²) >= 11 is 1.20. The Kier molecular flexibility index (Phi) is 4.99. The molecule has 5 nitrogen and oxygen atoms in total. The highest BCUT2D eigenvalue weighted by Gasteiger charge is 2.23. The van der Waals surface area contributed by atoms with E-state index in [9.17, 15) is 9.59 Å². The van der Waals surface area contributed by atoms with Gasteiger partial charge in [0, 0.05) is 17.5 Å². The van der Waals surface area contributed by atoms with Crippen LogP contribution in [0, 0.1) is 6.92 Å². The highest BCUT2D eigenvalue weighted by atomic mass is 32.1. The summed E-state index contributed by atoms with van der Waals surface area (Å²) in [4.78, 5) is 25.5. The maximum atomic E-state index is 12.8. The predicted octanol–water partition coefficient (Wildman–Crippen LogP) is 4.02. The Bertz CT molecular complexity index is 974. The van der Waals surface area contributed by atoms with Crippen LogP contribution in [0.5, 0.6) is 0 Å². The van der Waals surface area contributed by atoms with Gasteiger partial charge in [0.15, 0.2) is 0 Å². The van der Waals surface area contributed by atoms with Crippen LogP contribution in [0.2, 0.25) is 0 Å². The first-order chi connectivity index (χ1) is 12.1. The van der Waals surface area contributed by atoms with E-state index >= 15 is 0 Å². The Balaban J connectivity index is 2.35. The molecule has 25 heavy (non-hydrogen) atoms. The van der Waals surface area contributed by atoms with E-state index in [0.29, 0.717) is 22.7 Å². The highest BCUT2D eigenvalue weighted by molar-refractivity contribution is 7.21. The van der Waals surface area contributed by atoms with E-state index in [1.807, 2.05) is 44.2 Å². The number of rotatable bonds is 5. The molecule has 0 saturated heterocycles. The van der Waals surface area contributed by atoms with Crippen LogP contribution >= 0.6 is 11.3 Å². The summed E-state index contributed by atoms with van der Waals surface area (Å²) in [6, 6.07) is 9.73. The van der Waals surface area contributed by atoms with Gasteiger partial charge in [-0.15, -0.1) is 11.3 Å². The SMILES string of the molecule is CCCn1nc(-c2ccccc2)c2c(C)c(C(=O)OCC)sc2c1=O. The van der Waals surface area contributed by atoms with Crippen LogP contribution in [-0.4, -0.2) is 22.4 Å². The van der Waals surface area contributed by atoms with Gasteiger partial charge in [-0.1, -0.05) is 37.3 Å². The van der Waals surface area contributed by atoms with Gasteiger partial charge in [-0.2, -0.15) is 5.10 Å². The molecule has 1 aromatic carbocycles. The van der Waals surface area contributed by atoms with Gasteiger partial charge < -0.3 is 4.74 Å². The molecule has 3 aromatic rings. The molecule has 2 aromatic heterocycles. The summed E-state index contributed by atoms with van der Waals surface area (Å²) in [5.41, 5.74) is 2.26. The molecule has 0 aliphatic carbocycles. The monoisotopic (exact) mass is 356 g/mol. The number of aromatic nitrogens is 2. The van der Waals surface area contributed by atoms with Gasteiger partial charge in [0.25, 0.3) is 5.56 Å². The zero-order chi connectivity index (χ0) is 18.0. The van der Waals surface area contributed by atoms with Gasteiger partial charge in [0.05, 0.1) is 6.61 Å². The lowest BCUT2D eigenvalue weighted by molar-refractivity contribution is 0.0531. The van der Waals surface area contributed by atoms with Crippen LogP contribution in [0.25, 0.3) is 21.3 Å². The van der Waals surface area contributed by atoms with Gasteiger partial charge in [-0.3, -0.25) is 4.79 Å². The zero-order valence-corrected chi connectivity index (χ0v) is 15.4. The Hall–Kier alpha value is -2.47. The van der Waals surface area contributed by atoms with Crippen molar-refractivity contribution in [3.63, 3.8) is 0 Å². The van der Waals surface area contributed by atoms with Crippen molar-refractivity contribution in [2.75, 3.05) is 6.61 Å². The lowest BCUT2D eigenvalue weighted by Crippen LogP contribution is -2.23. The van der Waals surface area contributed by atoms with Crippen LogP contribution in [0.3, 0.4) is 0 Å². The summed E-state index contributed by atoms with van der Waals surface area (Å²) < 4.78 is 7.20. The lowest BCUT2D eigenvalue weighted by atomic mass is 10.1. The van der Waals surface area contributed by atoms with Crippen molar-refractivity contribution in [2.24, 2.45) is 0 Å². The van der Waals surface area contributed by atoms with Crippen LogP contribution in [0.1, 0.15) is 35.5 Å². The summed E-state index contributed by atoms with van der Waals surface area (Å²) in [6.07, 6.45) is 0.807. The van der Waals surface area contributed by atoms with E-state index < -0.39 is 0 Å². The molecule has 0 aliphatic rings. The molecule has 0 aliphatic heterocycles. The lowest BCUT2D eigenvalue weighted by Gasteiger charge is -2.09. The van der Waals surface area contributed by atoms with Gasteiger partial charge in [-0.25, -0.2) is 9.48 Å². The quantitative estimate of drug-likeness (QED) is 0.648. The molecular formula is C19H20N2O3S. The van der Waals surface area contributed by atoms with Crippen molar-refractivity contribution in [1.29, 1.82) is 0 Å². The predicted molar refractivity (Wildman–Crippen MR) is 100 cm³/mol. The summed E-state index contributed by atoms with van der Waals surface area (Å²) in [5, 5.41) is 5.35. The molecule has 0 bridgehead atoms. The van der Waals surface area contributed by atoms with Gasteiger partial charge in [-0.05, 0) is 25.8 Å². The number of carbonyl (C=O) groups excluding carboxylic acids is 1. The van der Waals surface area contributed by atoms with Crippen LogP contribution in [-0.2, 0) is 11.3 Å². The largest absolute Gasteiger partial charge is 0.462 e. The first kappa shape index (κ1) is 17.4. The molecule has 130 valence electrons. The Labute approximate surface area is 149 Å². The smallest absolute Gasteiger partial charge is 0.348 e. The van der Waals surface area contributed by atoms with Gasteiger partial charge >= 0.3 is 5.97 Å². The average Bonchev–Trinajstić information content (AvgIpc) is 2.97. The van der Waals surface area contributed by atoms with E-state index in [0.717, 1.165) is 28.6 Å². The van der Waals surface area contributed by atoms with E-state index in [2.05, 4.69) is 5.10 Å². The Morgan fingerprint density at radius 1 is 1.24 bits per heavy atom. The van der Waals surface area contributed by atoms with Crippen LogP contribution < -0.4 is 5.56 Å². The highest BCUT2D eigenvalue weighted by Crippen LogP contribution is 2.35. The molecule has 3 rings (SSSR count). The van der Waals surface area contributed by atoms with Gasteiger partial charge in [0.2, 0.25) is 0 Å². The van der Waals surface area contributed by atoms with E-state index in [-0.39, 0.29) is 11.5 Å². The number of hydrogen-bond acceptors (Lipinski definition) is 5. The number of benzene rings is 1. The number of fused-ring (bicyclic) bond motifs is 1. The maximum Gasteiger partial charge on any atom is 0.348 e. The third-order valence-electron chi connectivity index (χ3n) is 3.98. The van der Waals surface area contributed by atoms with Crippen molar-refractivity contribution in [3.05, 3.63) is 51.1 Å². The second kappa shape index (κ2) is 7.19. The van der Waals surface area contributed by atoms with Crippen LogP contribution in [0.4, 0.5) is 0 Å². The normalized spacial score (nSPS) is 11.0. The minimum atomic E-state index is -0.387. The molecule has 6 heteroatoms. The first-order valence-electron chi connectivity index (χ1n) is 8.35. The van der Waals surface area contributed by atoms with Crippen molar-refractivity contribution >= 4 is 27.4 Å². The molecule has 0 unspecified atom stereocenters. The van der Waals surface area contributed by atoms with Crippen molar-refractivity contribution in [1.82, 2.24) is 9.78 Å². The zero-order valence-electron chi connectivity index (χ0n) is 14.5. The third kappa shape index (κ3) is 3.09. The number of thiophene rings is 1. The van der Waals surface area contributed by atoms with E-state index in [1.54, 1.807) is 6.92 Å². The minimum absolute atomic E-state index is 0.153. The van der Waals surface area contributed by atoms with Crippen LogP contribution in [0.15, 0.2) is 35.1 Å². The molecule has 0 N–H and O–H groups in total. The molecule has 0 spiro atoms. The van der Waals surface area contributed by atoms with Crippen molar-refractivity contribution < 1.29 is 9.53 Å². The Morgan fingerprint density at radius 2 is 1.96 bits per heavy atom. The fourth-order valence-electron chi connectivity index (χ4n) is 2.84. The molecule has 0 atom stereocenters. The van der Waals surface area contributed by atoms with E-state index in [1.165, 1.54) is 16.0 Å². The number of nitrogens with zero attached hydrogens (tertiary/aromatic N) is 2. The first-order valence-corrected chi connectivity index (χ1v) is 9.16. The number of aryl methyl sites for hydroxylation is 2. The minimum Gasteiger partial charge on any atom is -0.462 e. The van der Waals surface area contributed by atoms with Gasteiger partial charge in [0.1, 0.15) is 15.3 Å². The van der Waals surface area contributed by atoms with Crippen molar-refractivity contribution in [3.8, 4) is 11.3 Å². The molecular weight excluding hydrogens is 336 g/mol. The fraction of sp³-hybridized carbons (Fsp3) is 0.316. The second-order valence-electron chi connectivity index (χ2n) is 5.72. The number of ether oxygens (including phenoxy) is 1. The van der Waals surface area contributed by atoms with Crippen molar-refractivity contribution in [2.45, 2.75) is 33.7 Å². The molecule has 0 fully saturated rings. The molecule has 2 heterocycles. The molecule has 0 saturated carbocycles. The average molecular weight is 356 g/mol. The number of hydrogen-bond donors (Lipinski definition) is 0. The number of esters is 1. The maximum absolute atomic E-state index is 12.8. The van der Waals surface area contributed by atoms with E-state index in [4.69, 9.17) is 4.74 Å². The standard InChI is InChI=1S/C19H20N2O3S/c1-4-11-21-18(22)17-14(12(3)16(25-17)19(23)24-5-2)15(20-21)13-9-7-6-8-10-13/h6-10H,4-5,11H2,1-3H3. The summed E-state index contributed by atoms with van der Waals surface area (Å²) in [7, 11) is 0. The third-order valence-corrected chi connectivity index (χ3v) is 5.24. The fourth-order valence-corrected chi connectivity index (χ4v) is 3.98. The summed E-state index contributed by atoms with van der Waals surface area (Å²) in [6.45, 7) is 6.47. The second-order valence-corrected chi connectivity index (χ2v) is 6.74. The number of carbonyl (C=O) groups is 1. The summed E-state index contributed by atoms with van der Waals surface area (Å²) in [5.74, 6) is -0.387.